The zero-order valence-electron chi connectivity index (χ0n) is 10.8. The van der Waals surface area contributed by atoms with Crippen LogP contribution >= 0.6 is 0 Å². The van der Waals surface area contributed by atoms with Crippen molar-refractivity contribution in [3.05, 3.63) is 29.8 Å². The SMILES string of the molecule is CC(O)C(C)Oc1ccccc1C(C)(C)C. The van der Waals surface area contributed by atoms with Crippen LogP contribution in [0.5, 0.6) is 5.75 Å². The molecule has 0 fully saturated rings. The highest BCUT2D eigenvalue weighted by molar-refractivity contribution is 5.38. The van der Waals surface area contributed by atoms with Crippen LogP contribution in [0.4, 0.5) is 0 Å². The van der Waals surface area contributed by atoms with Crippen LogP contribution in [-0.2, 0) is 5.41 Å². The van der Waals surface area contributed by atoms with Gasteiger partial charge in [0.2, 0.25) is 0 Å². The topological polar surface area (TPSA) is 29.5 Å². The van der Waals surface area contributed by atoms with E-state index in [2.05, 4.69) is 26.8 Å². The van der Waals surface area contributed by atoms with Crippen molar-refractivity contribution in [2.24, 2.45) is 0 Å². The molecule has 2 nitrogen and oxygen atoms in total. The smallest absolute Gasteiger partial charge is 0.123 e. The Morgan fingerprint density at radius 1 is 1.12 bits per heavy atom. The van der Waals surface area contributed by atoms with Crippen LogP contribution in [0.3, 0.4) is 0 Å². The van der Waals surface area contributed by atoms with Crippen molar-refractivity contribution in [3.63, 3.8) is 0 Å². The molecule has 0 saturated heterocycles. The highest BCUT2D eigenvalue weighted by atomic mass is 16.5. The van der Waals surface area contributed by atoms with Crippen LogP contribution < -0.4 is 4.74 Å². The molecule has 0 amide bonds. The van der Waals surface area contributed by atoms with Crippen LogP contribution in [0.2, 0.25) is 0 Å². The molecule has 1 rings (SSSR count). The van der Waals surface area contributed by atoms with Crippen LogP contribution in [0.15, 0.2) is 24.3 Å². The molecule has 0 spiro atoms. The monoisotopic (exact) mass is 222 g/mol. The van der Waals surface area contributed by atoms with Crippen molar-refractivity contribution in [1.82, 2.24) is 0 Å². The molecule has 1 aromatic rings. The van der Waals surface area contributed by atoms with Crippen LogP contribution in [0.25, 0.3) is 0 Å². The fraction of sp³-hybridized carbons (Fsp3) is 0.571. The molecular weight excluding hydrogens is 200 g/mol. The quantitative estimate of drug-likeness (QED) is 0.851. The van der Waals surface area contributed by atoms with E-state index in [9.17, 15) is 5.11 Å². The second-order valence-corrected chi connectivity index (χ2v) is 5.31. The largest absolute Gasteiger partial charge is 0.488 e. The van der Waals surface area contributed by atoms with Gasteiger partial charge >= 0.3 is 0 Å². The lowest BCUT2D eigenvalue weighted by atomic mass is 9.86. The first kappa shape index (κ1) is 13.0. The van der Waals surface area contributed by atoms with Crippen molar-refractivity contribution in [1.29, 1.82) is 0 Å². The van der Waals surface area contributed by atoms with Gasteiger partial charge in [0.25, 0.3) is 0 Å². The Kier molecular flexibility index (Phi) is 3.98. The first-order chi connectivity index (χ1) is 7.32. The van der Waals surface area contributed by atoms with E-state index in [4.69, 9.17) is 4.74 Å². The molecule has 0 aliphatic heterocycles. The zero-order valence-corrected chi connectivity index (χ0v) is 10.8. The Hall–Kier alpha value is -1.02. The highest BCUT2D eigenvalue weighted by Gasteiger charge is 2.20. The molecule has 0 aliphatic rings. The number of ether oxygens (including phenoxy) is 1. The summed E-state index contributed by atoms with van der Waals surface area (Å²) in [4.78, 5) is 0. The molecule has 0 saturated carbocycles. The van der Waals surface area contributed by atoms with E-state index in [-0.39, 0.29) is 11.5 Å². The Morgan fingerprint density at radius 3 is 2.19 bits per heavy atom. The maximum atomic E-state index is 9.45. The highest BCUT2D eigenvalue weighted by Crippen LogP contribution is 2.31. The summed E-state index contributed by atoms with van der Waals surface area (Å²) in [5.74, 6) is 0.864. The van der Waals surface area contributed by atoms with Crippen molar-refractivity contribution in [3.8, 4) is 5.75 Å². The molecule has 1 N–H and O–H groups in total. The Morgan fingerprint density at radius 2 is 1.69 bits per heavy atom. The van der Waals surface area contributed by atoms with E-state index in [0.717, 1.165) is 5.75 Å². The average molecular weight is 222 g/mol. The molecular formula is C14H22O2. The van der Waals surface area contributed by atoms with Gasteiger partial charge in [0, 0.05) is 0 Å². The summed E-state index contributed by atoms with van der Waals surface area (Å²) in [6.45, 7) is 10.1. The molecule has 0 aliphatic carbocycles. The lowest BCUT2D eigenvalue weighted by Gasteiger charge is -2.25. The van der Waals surface area contributed by atoms with Gasteiger partial charge in [0.1, 0.15) is 11.9 Å². The maximum absolute atomic E-state index is 9.45. The van der Waals surface area contributed by atoms with Gasteiger partial charge in [-0.05, 0) is 30.9 Å². The number of aliphatic hydroxyl groups is 1. The number of rotatable bonds is 3. The van der Waals surface area contributed by atoms with E-state index in [1.54, 1.807) is 6.92 Å². The zero-order chi connectivity index (χ0) is 12.3. The Bertz CT molecular complexity index is 337. The predicted octanol–water partition coefficient (Wildman–Crippen LogP) is 3.13. The van der Waals surface area contributed by atoms with Crippen LogP contribution in [0.1, 0.15) is 40.2 Å². The molecule has 90 valence electrons. The molecule has 2 heteroatoms. The maximum Gasteiger partial charge on any atom is 0.123 e. The standard InChI is InChI=1S/C14H22O2/c1-10(15)11(2)16-13-9-7-6-8-12(13)14(3,4)5/h6-11,15H,1-5H3. The molecule has 0 bridgehead atoms. The van der Waals surface area contributed by atoms with Gasteiger partial charge in [0.05, 0.1) is 6.10 Å². The Balaban J connectivity index is 2.96. The van der Waals surface area contributed by atoms with E-state index >= 15 is 0 Å². The van der Waals surface area contributed by atoms with Gasteiger partial charge in [-0.25, -0.2) is 0 Å². The Labute approximate surface area is 98.3 Å². The van der Waals surface area contributed by atoms with Gasteiger partial charge in [-0.2, -0.15) is 0 Å². The minimum Gasteiger partial charge on any atom is -0.488 e. The van der Waals surface area contributed by atoms with Crippen LogP contribution in [0, 0.1) is 0 Å². The minimum atomic E-state index is -0.465. The summed E-state index contributed by atoms with van der Waals surface area (Å²) in [6.07, 6.45) is -0.656. The number of para-hydroxylation sites is 1. The van der Waals surface area contributed by atoms with Crippen LogP contribution in [-0.4, -0.2) is 17.3 Å². The summed E-state index contributed by atoms with van der Waals surface area (Å²) >= 11 is 0. The molecule has 16 heavy (non-hydrogen) atoms. The number of hydrogen-bond donors (Lipinski definition) is 1. The summed E-state index contributed by atoms with van der Waals surface area (Å²) < 4.78 is 5.78. The molecule has 0 radical (unpaired) electrons. The van der Waals surface area contributed by atoms with Crippen molar-refractivity contribution < 1.29 is 9.84 Å². The molecule has 2 unspecified atom stereocenters. The van der Waals surface area contributed by atoms with Gasteiger partial charge < -0.3 is 9.84 Å². The molecule has 0 aromatic heterocycles. The minimum absolute atomic E-state index is 0.0506. The van der Waals surface area contributed by atoms with E-state index in [1.165, 1.54) is 5.56 Å². The van der Waals surface area contributed by atoms with E-state index in [0.29, 0.717) is 0 Å². The normalized spacial score (nSPS) is 15.6. The van der Waals surface area contributed by atoms with Crippen molar-refractivity contribution in [2.75, 3.05) is 0 Å². The summed E-state index contributed by atoms with van der Waals surface area (Å²) in [7, 11) is 0. The third kappa shape index (κ3) is 3.24. The number of hydrogen-bond acceptors (Lipinski definition) is 2. The average Bonchev–Trinajstić information content (AvgIpc) is 2.16. The third-order valence-corrected chi connectivity index (χ3v) is 2.69. The fourth-order valence-electron chi connectivity index (χ4n) is 1.49. The second-order valence-electron chi connectivity index (χ2n) is 5.31. The van der Waals surface area contributed by atoms with Gasteiger partial charge in [-0.1, -0.05) is 39.0 Å². The van der Waals surface area contributed by atoms with Gasteiger partial charge in [-0.15, -0.1) is 0 Å². The number of aliphatic hydroxyl groups excluding tert-OH is 1. The van der Waals surface area contributed by atoms with Gasteiger partial charge in [-0.3, -0.25) is 0 Å². The summed E-state index contributed by atoms with van der Waals surface area (Å²) in [6, 6.07) is 8.00. The molecule has 2 atom stereocenters. The third-order valence-electron chi connectivity index (χ3n) is 2.69. The lowest BCUT2D eigenvalue weighted by molar-refractivity contribution is 0.0592. The summed E-state index contributed by atoms with van der Waals surface area (Å²) in [5, 5.41) is 9.45. The van der Waals surface area contributed by atoms with Crippen molar-refractivity contribution in [2.45, 2.75) is 52.2 Å². The first-order valence-corrected chi connectivity index (χ1v) is 5.76. The second kappa shape index (κ2) is 4.88. The van der Waals surface area contributed by atoms with E-state index < -0.39 is 6.10 Å². The number of benzene rings is 1. The van der Waals surface area contributed by atoms with Gasteiger partial charge in [0.15, 0.2) is 0 Å². The lowest BCUT2D eigenvalue weighted by Crippen LogP contribution is -2.27. The predicted molar refractivity (Wildman–Crippen MR) is 66.9 cm³/mol. The van der Waals surface area contributed by atoms with E-state index in [1.807, 2.05) is 25.1 Å². The molecule has 1 aromatic carbocycles. The summed E-state index contributed by atoms with van der Waals surface area (Å²) in [5.41, 5.74) is 1.22. The molecule has 0 heterocycles. The van der Waals surface area contributed by atoms with Crippen molar-refractivity contribution >= 4 is 0 Å². The first-order valence-electron chi connectivity index (χ1n) is 5.76. The fourth-order valence-corrected chi connectivity index (χ4v) is 1.49.